The number of carbonyl (C=O) groups excluding carboxylic acids is 1. The van der Waals surface area contributed by atoms with Crippen molar-refractivity contribution >= 4 is 28.5 Å². The average Bonchev–Trinajstić information content (AvgIpc) is 3.03. The highest BCUT2D eigenvalue weighted by Crippen LogP contribution is 2.30. The predicted octanol–water partition coefficient (Wildman–Crippen LogP) is 1.78. The van der Waals surface area contributed by atoms with Crippen LogP contribution < -0.4 is 10.6 Å². The van der Waals surface area contributed by atoms with Gasteiger partial charge in [-0.1, -0.05) is 12.2 Å². The third-order valence-corrected chi connectivity index (χ3v) is 4.61. The number of carboxylic acid groups (broad SMARTS) is 1. The lowest BCUT2D eigenvalue weighted by Crippen LogP contribution is -2.36. The van der Waals surface area contributed by atoms with Gasteiger partial charge in [-0.3, -0.25) is 10.1 Å². The molecule has 20 heavy (non-hydrogen) atoms. The van der Waals surface area contributed by atoms with Crippen molar-refractivity contribution in [1.82, 2.24) is 10.3 Å². The van der Waals surface area contributed by atoms with Gasteiger partial charge in [-0.2, -0.15) is 0 Å². The summed E-state index contributed by atoms with van der Waals surface area (Å²) in [6, 6.07) is -0.568. The fourth-order valence-corrected chi connectivity index (χ4v) is 3.58. The summed E-state index contributed by atoms with van der Waals surface area (Å²) in [5, 5.41) is 15.0. The Morgan fingerprint density at radius 3 is 2.90 bits per heavy atom. The van der Waals surface area contributed by atoms with Crippen LogP contribution in [0.4, 0.5) is 9.93 Å². The second-order valence-electron chi connectivity index (χ2n) is 5.01. The van der Waals surface area contributed by atoms with Crippen LogP contribution in [0.25, 0.3) is 0 Å². The van der Waals surface area contributed by atoms with E-state index in [2.05, 4.69) is 15.6 Å². The quantitative estimate of drug-likeness (QED) is 0.741. The zero-order chi connectivity index (χ0) is 14.1. The van der Waals surface area contributed by atoms with Crippen LogP contribution in [0.5, 0.6) is 0 Å². The highest BCUT2D eigenvalue weighted by molar-refractivity contribution is 7.15. The Morgan fingerprint density at radius 1 is 1.35 bits per heavy atom. The summed E-state index contributed by atoms with van der Waals surface area (Å²) in [6.45, 7) is 0. The molecule has 0 aromatic carbocycles. The van der Waals surface area contributed by atoms with E-state index in [1.54, 1.807) is 12.2 Å². The summed E-state index contributed by atoms with van der Waals surface area (Å²) >= 11 is 1.52. The van der Waals surface area contributed by atoms with Crippen LogP contribution in [0.3, 0.4) is 0 Å². The highest BCUT2D eigenvalue weighted by Gasteiger charge is 2.25. The molecule has 2 atom stereocenters. The first-order chi connectivity index (χ1) is 9.61. The van der Waals surface area contributed by atoms with E-state index in [4.69, 9.17) is 5.11 Å². The van der Waals surface area contributed by atoms with Gasteiger partial charge < -0.3 is 10.4 Å². The first-order valence-corrected chi connectivity index (χ1v) is 7.40. The van der Waals surface area contributed by atoms with Gasteiger partial charge in [0.15, 0.2) is 5.13 Å². The monoisotopic (exact) mass is 293 g/mol. The summed E-state index contributed by atoms with van der Waals surface area (Å²) in [6.07, 6.45) is 6.91. The van der Waals surface area contributed by atoms with Crippen LogP contribution in [0.1, 0.15) is 23.4 Å². The molecule has 106 valence electrons. The molecular formula is C13H15N3O3S. The predicted molar refractivity (Wildman–Crippen MR) is 75.0 cm³/mol. The Labute approximate surface area is 119 Å². The van der Waals surface area contributed by atoms with Crippen molar-refractivity contribution in [2.24, 2.45) is 5.92 Å². The van der Waals surface area contributed by atoms with E-state index >= 15 is 0 Å². The number of rotatable bonds is 3. The molecule has 2 unspecified atom stereocenters. The molecule has 0 saturated heterocycles. The van der Waals surface area contributed by atoms with E-state index in [1.807, 2.05) is 0 Å². The second-order valence-corrected chi connectivity index (χ2v) is 6.10. The molecule has 0 radical (unpaired) electrons. The van der Waals surface area contributed by atoms with Crippen molar-refractivity contribution in [2.75, 3.05) is 5.32 Å². The van der Waals surface area contributed by atoms with Crippen molar-refractivity contribution in [3.05, 3.63) is 22.7 Å². The van der Waals surface area contributed by atoms with Crippen molar-refractivity contribution < 1.29 is 14.7 Å². The first kappa shape index (κ1) is 13.1. The maximum absolute atomic E-state index is 11.8. The number of hydrogen-bond acceptors (Lipinski definition) is 4. The van der Waals surface area contributed by atoms with Gasteiger partial charge in [-0.25, -0.2) is 9.78 Å². The number of nitrogens with zero attached hydrogens (tertiary/aromatic N) is 1. The third kappa shape index (κ3) is 2.67. The van der Waals surface area contributed by atoms with E-state index in [9.17, 15) is 9.59 Å². The molecule has 3 rings (SSSR count). The van der Waals surface area contributed by atoms with E-state index in [0.717, 1.165) is 25.0 Å². The van der Waals surface area contributed by atoms with Crippen LogP contribution in [0.2, 0.25) is 0 Å². The summed E-state index contributed by atoms with van der Waals surface area (Å²) in [4.78, 5) is 28.3. The number of aryl methyl sites for hydroxylation is 2. The molecule has 2 aliphatic carbocycles. The molecule has 3 N–H and O–H groups in total. The topological polar surface area (TPSA) is 91.3 Å². The van der Waals surface area contributed by atoms with E-state index in [-0.39, 0.29) is 12.1 Å². The fraction of sp³-hybridized carbons (Fsp3) is 0.462. The third-order valence-electron chi connectivity index (χ3n) is 3.53. The lowest BCUT2D eigenvalue weighted by Gasteiger charge is -2.11. The molecule has 0 saturated carbocycles. The van der Waals surface area contributed by atoms with E-state index < -0.39 is 11.9 Å². The summed E-state index contributed by atoms with van der Waals surface area (Å²) in [5.74, 6) is -1.37. The number of urea groups is 1. The Hall–Kier alpha value is -1.89. The minimum Gasteiger partial charge on any atom is -0.481 e. The smallest absolute Gasteiger partial charge is 0.321 e. The summed E-state index contributed by atoms with van der Waals surface area (Å²) in [5.41, 5.74) is 1.09. The Balaban J connectivity index is 1.53. The number of amides is 2. The minimum atomic E-state index is -0.859. The number of aromatic nitrogens is 1. The molecule has 6 nitrogen and oxygen atoms in total. The standard InChI is InChI=1S/C13H15N3O3S/c17-11(18)7-4-5-8(6-7)14-12(19)16-13-15-9-2-1-3-10(9)20-13/h4-5,7-8H,1-3,6H2,(H,17,18)(H2,14,15,16,19). The van der Waals surface area contributed by atoms with Gasteiger partial charge in [0.2, 0.25) is 0 Å². The molecule has 0 aliphatic heterocycles. The SMILES string of the molecule is O=C(Nc1nc2c(s1)CCC2)NC1C=CC(C(=O)O)C1. The number of aliphatic carboxylic acids is 1. The highest BCUT2D eigenvalue weighted by atomic mass is 32.1. The Morgan fingerprint density at radius 2 is 2.20 bits per heavy atom. The van der Waals surface area contributed by atoms with Gasteiger partial charge in [0.05, 0.1) is 17.7 Å². The molecule has 2 aliphatic rings. The normalized spacial score (nSPS) is 23.6. The molecule has 7 heteroatoms. The molecule has 2 amide bonds. The maximum Gasteiger partial charge on any atom is 0.321 e. The Bertz CT molecular complexity index is 560. The van der Waals surface area contributed by atoms with Crippen LogP contribution in [0.15, 0.2) is 12.2 Å². The molecule has 0 spiro atoms. The van der Waals surface area contributed by atoms with Crippen molar-refractivity contribution in [2.45, 2.75) is 31.7 Å². The van der Waals surface area contributed by atoms with E-state index in [1.165, 1.54) is 16.2 Å². The molecule has 1 aromatic rings. The van der Waals surface area contributed by atoms with Crippen LogP contribution in [-0.2, 0) is 17.6 Å². The van der Waals surface area contributed by atoms with Crippen LogP contribution in [-0.4, -0.2) is 28.1 Å². The number of carboxylic acids is 1. The molecule has 1 heterocycles. The zero-order valence-electron chi connectivity index (χ0n) is 10.8. The largest absolute Gasteiger partial charge is 0.481 e. The van der Waals surface area contributed by atoms with Crippen LogP contribution in [0, 0.1) is 5.92 Å². The molecule has 1 aromatic heterocycles. The minimum absolute atomic E-state index is 0.233. The maximum atomic E-state index is 11.8. The number of thiazole rings is 1. The lowest BCUT2D eigenvalue weighted by atomic mass is 10.1. The number of fused-ring (bicyclic) bond motifs is 1. The number of anilines is 1. The zero-order valence-corrected chi connectivity index (χ0v) is 11.6. The van der Waals surface area contributed by atoms with Gasteiger partial charge >= 0.3 is 12.0 Å². The Kier molecular flexibility index (Phi) is 3.43. The van der Waals surface area contributed by atoms with Gasteiger partial charge in [0.1, 0.15) is 0 Å². The number of hydrogen-bond donors (Lipinski definition) is 3. The van der Waals surface area contributed by atoms with E-state index in [0.29, 0.717) is 11.6 Å². The number of carbonyl (C=O) groups is 2. The number of nitrogens with one attached hydrogen (secondary N) is 2. The van der Waals surface area contributed by atoms with Crippen molar-refractivity contribution in [3.8, 4) is 0 Å². The van der Waals surface area contributed by atoms with Gasteiger partial charge in [0, 0.05) is 4.88 Å². The summed E-state index contributed by atoms with van der Waals surface area (Å²) in [7, 11) is 0. The molecule has 0 bridgehead atoms. The lowest BCUT2D eigenvalue weighted by molar-refractivity contribution is -0.140. The first-order valence-electron chi connectivity index (χ1n) is 6.59. The summed E-state index contributed by atoms with van der Waals surface area (Å²) < 4.78 is 0. The second kappa shape index (κ2) is 5.24. The van der Waals surface area contributed by atoms with Crippen LogP contribution >= 0.6 is 11.3 Å². The average molecular weight is 293 g/mol. The van der Waals surface area contributed by atoms with Gasteiger partial charge in [0.25, 0.3) is 0 Å². The fourth-order valence-electron chi connectivity index (χ4n) is 2.53. The molecule has 0 fully saturated rings. The van der Waals surface area contributed by atoms with Crippen molar-refractivity contribution in [1.29, 1.82) is 0 Å². The molecular weight excluding hydrogens is 278 g/mol. The van der Waals surface area contributed by atoms with Gasteiger partial charge in [-0.05, 0) is 25.7 Å². The van der Waals surface area contributed by atoms with Gasteiger partial charge in [-0.15, -0.1) is 11.3 Å². The van der Waals surface area contributed by atoms with Crippen molar-refractivity contribution in [3.63, 3.8) is 0 Å².